The van der Waals surface area contributed by atoms with Crippen molar-refractivity contribution < 1.29 is 0 Å². The first-order chi connectivity index (χ1) is 9.50. The van der Waals surface area contributed by atoms with E-state index < -0.39 is 0 Å². The van der Waals surface area contributed by atoms with Crippen LogP contribution in [-0.4, -0.2) is 24.5 Å². The van der Waals surface area contributed by atoms with E-state index in [0.29, 0.717) is 5.41 Å². The van der Waals surface area contributed by atoms with Gasteiger partial charge in [-0.15, -0.1) is 0 Å². The van der Waals surface area contributed by atoms with Crippen LogP contribution in [-0.2, 0) is 13.1 Å². The Morgan fingerprint density at radius 2 is 2.15 bits per heavy atom. The van der Waals surface area contributed by atoms with Gasteiger partial charge in [0.25, 0.3) is 0 Å². The van der Waals surface area contributed by atoms with Gasteiger partial charge in [-0.3, -0.25) is 4.90 Å². The summed E-state index contributed by atoms with van der Waals surface area (Å²) in [4.78, 5) is 2.59. The van der Waals surface area contributed by atoms with E-state index in [9.17, 15) is 0 Å². The number of benzene rings is 1. The van der Waals surface area contributed by atoms with Crippen LogP contribution >= 0.6 is 15.9 Å². The van der Waals surface area contributed by atoms with E-state index in [1.807, 2.05) is 0 Å². The van der Waals surface area contributed by atoms with Crippen molar-refractivity contribution in [3.05, 3.63) is 33.8 Å². The molecule has 0 saturated carbocycles. The van der Waals surface area contributed by atoms with Crippen molar-refractivity contribution in [2.24, 2.45) is 5.41 Å². The van der Waals surface area contributed by atoms with Gasteiger partial charge in [0.1, 0.15) is 0 Å². The van der Waals surface area contributed by atoms with Crippen LogP contribution in [0.2, 0.25) is 0 Å². The molecule has 0 unspecified atom stereocenters. The highest BCUT2D eigenvalue weighted by Gasteiger charge is 2.26. The zero-order valence-corrected chi connectivity index (χ0v) is 14.6. The molecule has 1 aromatic rings. The predicted molar refractivity (Wildman–Crippen MR) is 89.8 cm³/mol. The molecule has 1 saturated heterocycles. The molecule has 0 radical (unpaired) electrons. The van der Waals surface area contributed by atoms with Crippen LogP contribution in [0, 0.1) is 5.41 Å². The molecule has 0 amide bonds. The third-order valence-electron chi connectivity index (χ3n) is 4.07. The molecule has 1 aliphatic heterocycles. The Bertz CT molecular complexity index is 443. The average Bonchev–Trinajstić information content (AvgIpc) is 2.38. The van der Waals surface area contributed by atoms with Crippen LogP contribution in [0.25, 0.3) is 0 Å². The molecule has 0 bridgehead atoms. The summed E-state index contributed by atoms with van der Waals surface area (Å²) >= 11 is 3.74. The summed E-state index contributed by atoms with van der Waals surface area (Å²) in [7, 11) is 0. The van der Waals surface area contributed by atoms with E-state index in [0.717, 1.165) is 19.6 Å². The van der Waals surface area contributed by atoms with Crippen LogP contribution in [0.4, 0.5) is 0 Å². The minimum absolute atomic E-state index is 0.468. The predicted octanol–water partition coefficient (Wildman–Crippen LogP) is 4.18. The monoisotopic (exact) mass is 338 g/mol. The first-order valence-electron chi connectivity index (χ1n) is 7.70. The second-order valence-electron chi connectivity index (χ2n) is 6.68. The van der Waals surface area contributed by atoms with Crippen molar-refractivity contribution in [2.45, 2.75) is 46.7 Å². The Labute approximate surface area is 132 Å². The lowest BCUT2D eigenvalue weighted by atomic mass is 9.84. The highest BCUT2D eigenvalue weighted by atomic mass is 79.9. The fourth-order valence-corrected chi connectivity index (χ4v) is 3.57. The Morgan fingerprint density at radius 1 is 1.35 bits per heavy atom. The standard InChI is InChI=1S/C17H27BrN2/c1-4-19-11-14-6-7-15(16(18)10-14)12-20-9-5-8-17(2,3)13-20/h6-7,10,19H,4-5,8-9,11-13H2,1-3H3. The number of nitrogens with one attached hydrogen (secondary N) is 1. The van der Waals surface area contributed by atoms with Gasteiger partial charge in [-0.25, -0.2) is 0 Å². The van der Waals surface area contributed by atoms with Crippen molar-refractivity contribution in [1.29, 1.82) is 0 Å². The third-order valence-corrected chi connectivity index (χ3v) is 4.81. The molecule has 0 spiro atoms. The summed E-state index contributed by atoms with van der Waals surface area (Å²) in [5, 5.41) is 3.37. The summed E-state index contributed by atoms with van der Waals surface area (Å²) in [5.41, 5.74) is 3.22. The summed E-state index contributed by atoms with van der Waals surface area (Å²) in [5.74, 6) is 0. The number of rotatable bonds is 5. The molecule has 1 aromatic carbocycles. The second-order valence-corrected chi connectivity index (χ2v) is 7.54. The van der Waals surface area contributed by atoms with Gasteiger partial charge < -0.3 is 5.32 Å². The summed E-state index contributed by atoms with van der Waals surface area (Å²) < 4.78 is 1.25. The van der Waals surface area contributed by atoms with Crippen molar-refractivity contribution in [2.75, 3.05) is 19.6 Å². The number of hydrogen-bond acceptors (Lipinski definition) is 2. The van der Waals surface area contributed by atoms with Gasteiger partial charge in [0.2, 0.25) is 0 Å². The van der Waals surface area contributed by atoms with Crippen molar-refractivity contribution in [3.8, 4) is 0 Å². The van der Waals surface area contributed by atoms with E-state index in [1.165, 1.54) is 41.5 Å². The minimum atomic E-state index is 0.468. The number of likely N-dealkylation sites (tertiary alicyclic amines) is 1. The average molecular weight is 339 g/mol. The molecule has 1 fully saturated rings. The molecule has 2 rings (SSSR count). The molecule has 20 heavy (non-hydrogen) atoms. The number of nitrogens with zero attached hydrogens (tertiary/aromatic N) is 1. The van der Waals surface area contributed by atoms with Gasteiger partial charge in [-0.2, -0.15) is 0 Å². The fraction of sp³-hybridized carbons (Fsp3) is 0.647. The number of piperidine rings is 1. The van der Waals surface area contributed by atoms with Gasteiger partial charge in [0.15, 0.2) is 0 Å². The maximum Gasteiger partial charge on any atom is 0.0245 e. The van der Waals surface area contributed by atoms with Crippen LogP contribution in [0.1, 0.15) is 44.7 Å². The highest BCUT2D eigenvalue weighted by molar-refractivity contribution is 9.10. The van der Waals surface area contributed by atoms with E-state index in [-0.39, 0.29) is 0 Å². The Kier molecular flexibility index (Phi) is 5.65. The number of halogens is 1. The van der Waals surface area contributed by atoms with Crippen molar-refractivity contribution in [1.82, 2.24) is 10.2 Å². The third kappa shape index (κ3) is 4.57. The molecular formula is C17H27BrN2. The molecular weight excluding hydrogens is 312 g/mol. The van der Waals surface area contributed by atoms with Gasteiger partial charge in [-0.1, -0.05) is 48.8 Å². The Morgan fingerprint density at radius 3 is 2.80 bits per heavy atom. The minimum Gasteiger partial charge on any atom is -0.313 e. The quantitative estimate of drug-likeness (QED) is 0.866. The molecule has 1 aliphatic rings. The smallest absolute Gasteiger partial charge is 0.0245 e. The first kappa shape index (κ1) is 16.0. The normalized spacial score (nSPS) is 19.2. The Balaban J connectivity index is 1.99. The van der Waals surface area contributed by atoms with Gasteiger partial charge in [0.05, 0.1) is 0 Å². The van der Waals surface area contributed by atoms with Gasteiger partial charge in [0, 0.05) is 24.1 Å². The van der Waals surface area contributed by atoms with Crippen molar-refractivity contribution >= 4 is 15.9 Å². The van der Waals surface area contributed by atoms with E-state index in [4.69, 9.17) is 0 Å². The molecule has 0 atom stereocenters. The summed E-state index contributed by atoms with van der Waals surface area (Å²) in [6.07, 6.45) is 2.68. The van der Waals surface area contributed by atoms with E-state index >= 15 is 0 Å². The molecule has 0 aromatic heterocycles. The Hall–Kier alpha value is -0.380. The van der Waals surface area contributed by atoms with Crippen LogP contribution in [0.3, 0.4) is 0 Å². The highest BCUT2D eigenvalue weighted by Crippen LogP contribution is 2.30. The molecule has 0 aliphatic carbocycles. The lowest BCUT2D eigenvalue weighted by molar-refractivity contribution is 0.111. The maximum absolute atomic E-state index is 3.74. The van der Waals surface area contributed by atoms with Gasteiger partial charge in [-0.05, 0) is 48.5 Å². The molecule has 112 valence electrons. The maximum atomic E-state index is 3.74. The zero-order chi connectivity index (χ0) is 14.6. The second kappa shape index (κ2) is 7.06. The van der Waals surface area contributed by atoms with Crippen LogP contribution in [0.15, 0.2) is 22.7 Å². The van der Waals surface area contributed by atoms with E-state index in [2.05, 4.69) is 65.1 Å². The first-order valence-corrected chi connectivity index (χ1v) is 8.50. The van der Waals surface area contributed by atoms with Crippen LogP contribution < -0.4 is 5.32 Å². The van der Waals surface area contributed by atoms with E-state index in [1.54, 1.807) is 0 Å². The summed E-state index contributed by atoms with van der Waals surface area (Å²) in [6, 6.07) is 6.78. The fourth-order valence-electron chi connectivity index (χ4n) is 3.02. The molecule has 1 N–H and O–H groups in total. The SMILES string of the molecule is CCNCc1ccc(CN2CCCC(C)(C)C2)c(Br)c1. The molecule has 1 heterocycles. The van der Waals surface area contributed by atoms with Gasteiger partial charge >= 0.3 is 0 Å². The van der Waals surface area contributed by atoms with Crippen LogP contribution in [0.5, 0.6) is 0 Å². The van der Waals surface area contributed by atoms with Crippen molar-refractivity contribution in [3.63, 3.8) is 0 Å². The summed E-state index contributed by atoms with van der Waals surface area (Å²) in [6.45, 7) is 12.4. The zero-order valence-electron chi connectivity index (χ0n) is 13.0. The molecule has 3 heteroatoms. The molecule has 2 nitrogen and oxygen atoms in total. The topological polar surface area (TPSA) is 15.3 Å². The lowest BCUT2D eigenvalue weighted by Gasteiger charge is -2.38. The largest absolute Gasteiger partial charge is 0.313 e. The number of hydrogen-bond donors (Lipinski definition) is 1. The lowest BCUT2D eigenvalue weighted by Crippen LogP contribution is -2.39.